The molecule has 0 saturated carbocycles. The average molecular weight is 1290 g/mol. The second kappa shape index (κ2) is 29.0. The Hall–Kier alpha value is -6.82. The molecule has 6 aliphatic rings. The maximum Gasteiger partial charge on any atom is 0.302 e. The molecular weight excluding hydrogens is 1220 g/mol. The molecule has 26 nitrogen and oxygen atoms in total. The number of hydrogen-bond donors (Lipinski definition) is 16. The molecule has 496 valence electrons. The molecule has 93 heavy (non-hydrogen) atoms. The Morgan fingerprint density at radius 3 is 0.946 bits per heavy atom. The zero-order valence-corrected chi connectivity index (χ0v) is 50.1. The van der Waals surface area contributed by atoms with Crippen molar-refractivity contribution in [3.05, 3.63) is 117 Å². The second-order valence-corrected chi connectivity index (χ2v) is 23.6. The number of carbonyl (C=O) groups is 2. The van der Waals surface area contributed by atoms with E-state index in [1.54, 1.807) is 72.8 Å². The summed E-state index contributed by atoms with van der Waals surface area (Å²) in [5.74, 6) is 21.4. The third kappa shape index (κ3) is 13.5. The molecule has 26 heteroatoms. The van der Waals surface area contributed by atoms with Crippen LogP contribution in [0.4, 0.5) is 0 Å². The van der Waals surface area contributed by atoms with Crippen LogP contribution in [0.1, 0.15) is 58.4 Å². The maximum absolute atomic E-state index is 12.4. The summed E-state index contributed by atoms with van der Waals surface area (Å²) in [6.07, 6.45) is -30.0. The number of benzene rings is 4. The predicted octanol–water partition coefficient (Wildman–Crippen LogP) is -5.19. The van der Waals surface area contributed by atoms with Gasteiger partial charge in [-0.2, -0.15) is 0 Å². The van der Waals surface area contributed by atoms with Gasteiger partial charge in [-0.05, 0) is 93.0 Å². The summed E-state index contributed by atoms with van der Waals surface area (Å²) >= 11 is 0. The molecule has 4 saturated heterocycles. The molecule has 0 amide bonds. The number of hydrogen-bond acceptors (Lipinski definition) is 26. The van der Waals surface area contributed by atoms with Crippen molar-refractivity contribution < 1.29 is 129 Å². The lowest BCUT2D eigenvalue weighted by Crippen LogP contribution is -2.60. The summed E-state index contributed by atoms with van der Waals surface area (Å²) in [5.41, 5.74) is 3.33. The van der Waals surface area contributed by atoms with E-state index in [1.165, 1.54) is 13.8 Å². The van der Waals surface area contributed by atoms with Crippen molar-refractivity contribution in [2.75, 3.05) is 59.6 Å². The fourth-order valence-corrected chi connectivity index (χ4v) is 12.6. The molecule has 0 aromatic heterocycles. The van der Waals surface area contributed by atoms with Gasteiger partial charge >= 0.3 is 11.9 Å². The highest BCUT2D eigenvalue weighted by Gasteiger charge is 2.50. The first-order valence-corrected chi connectivity index (χ1v) is 29.8. The fraction of sp³-hybridized carbons (Fsp3) is 0.493. The van der Waals surface area contributed by atoms with Gasteiger partial charge in [0.25, 0.3) is 0 Å². The lowest BCUT2D eigenvalue weighted by atomic mass is 9.78. The van der Waals surface area contributed by atoms with Crippen LogP contribution in [0.2, 0.25) is 0 Å². The number of rotatable bonds is 14. The van der Waals surface area contributed by atoms with E-state index in [9.17, 15) is 91.3 Å². The van der Waals surface area contributed by atoms with Crippen LogP contribution in [-0.2, 0) is 58.3 Å². The fourth-order valence-electron chi connectivity index (χ4n) is 12.6. The molecule has 4 aromatic rings. The SMILES string of the molecule is CC(=O)OCC1(COC(C)=O)c2cc(C#C[C@H]3O[C@H](CO)[C@@H](O)[C@H](O)[C@@H]3O)ccc2-c2ccc(C#C[C@H]3O[C@H](CO)[C@@H](OCO[C@H]4[C@H](O)[C@H](O)[C@@H](C#Cc5ccc6c(c5)C(CO)(CO)c5cc(C#C[C@H]7O[C@H](CO)[C@@H](O)[C@H](O)[C@@H]7O)ccc5-6)O[C@@H]4CO)[C@H](O)[C@@H]3O)cc21. The van der Waals surface area contributed by atoms with Crippen LogP contribution in [-0.4, -0.2) is 275 Å². The molecule has 2 aliphatic carbocycles. The summed E-state index contributed by atoms with van der Waals surface area (Å²) in [6, 6.07) is 20.2. The van der Waals surface area contributed by atoms with E-state index < -0.39 is 191 Å². The minimum Gasteiger partial charge on any atom is -0.464 e. The summed E-state index contributed by atoms with van der Waals surface area (Å²) < 4.78 is 45.7. The normalized spacial score (nSPS) is 32.6. The van der Waals surface area contributed by atoms with Crippen molar-refractivity contribution in [3.8, 4) is 69.6 Å². The van der Waals surface area contributed by atoms with Crippen LogP contribution in [0.25, 0.3) is 22.3 Å². The monoisotopic (exact) mass is 1290 g/mol. The number of aliphatic hydroxyl groups excluding tert-OH is 16. The zero-order chi connectivity index (χ0) is 66.8. The van der Waals surface area contributed by atoms with E-state index in [4.69, 9.17) is 37.9 Å². The van der Waals surface area contributed by atoms with Crippen molar-refractivity contribution in [2.45, 2.75) is 147 Å². The largest absolute Gasteiger partial charge is 0.464 e. The van der Waals surface area contributed by atoms with E-state index in [1.807, 2.05) is 0 Å². The first-order chi connectivity index (χ1) is 44.6. The van der Waals surface area contributed by atoms with E-state index in [0.717, 1.165) is 0 Å². The van der Waals surface area contributed by atoms with Crippen molar-refractivity contribution in [1.29, 1.82) is 0 Å². The number of carbonyl (C=O) groups excluding carboxylic acids is 2. The Labute approximate surface area is 532 Å². The minimum atomic E-state index is -1.77. The third-order valence-electron chi connectivity index (χ3n) is 17.8. The Bertz CT molecular complexity index is 3630. The molecule has 4 aromatic carbocycles. The Morgan fingerprint density at radius 1 is 0.387 bits per heavy atom. The van der Waals surface area contributed by atoms with Crippen molar-refractivity contribution in [1.82, 2.24) is 0 Å². The quantitative estimate of drug-likeness (QED) is 0.0319. The molecule has 0 spiro atoms. The molecule has 4 heterocycles. The van der Waals surface area contributed by atoms with Gasteiger partial charge < -0.3 is 120 Å². The van der Waals surface area contributed by atoms with Crippen LogP contribution < -0.4 is 0 Å². The standard InChI is InChI=1S/C67H72O26/c1-32(74)86-29-67(30-87-33(2)75)44-21-36(8-16-47-55(77)61(83)59(81)51(24-69)91-47)5-13-40(44)41-14-6-37(22-45(41)67)10-18-49-57(79)63(85)65(53(26-71)93-49)89-31-88-64-52(25-70)92-48(56(78)62(64)84)17-9-35-4-12-39-38-11-3-34(19-42(38)66(27-72,28-73)43(39)20-35)7-15-46-54(76)60(82)58(80)50(23-68)90-46/h3-6,11-14,19-22,46-65,68-73,76-85H,23-31H2,1-2H3/t46-,47-,48-,49-,50-,51-,52-,53-,54-,55-,56-,57-,58-,59-,60-,61-,62-,63-,64-,65-/m1/s1. The minimum absolute atomic E-state index is 0.321. The maximum atomic E-state index is 12.4. The van der Waals surface area contributed by atoms with Gasteiger partial charge in [0.15, 0.2) is 0 Å². The lowest BCUT2D eigenvalue weighted by Gasteiger charge is -2.42. The van der Waals surface area contributed by atoms with Crippen LogP contribution in [0.5, 0.6) is 0 Å². The van der Waals surface area contributed by atoms with Gasteiger partial charge in [-0.3, -0.25) is 9.59 Å². The highest BCUT2D eigenvalue weighted by Crippen LogP contribution is 2.51. The first kappa shape index (κ1) is 69.0. The Kier molecular flexibility index (Phi) is 21.6. The molecule has 10 rings (SSSR count). The summed E-state index contributed by atoms with van der Waals surface area (Å²) in [7, 11) is 0. The van der Waals surface area contributed by atoms with Crippen LogP contribution in [0.15, 0.2) is 72.8 Å². The number of aliphatic hydroxyl groups is 16. The molecule has 0 bridgehead atoms. The van der Waals surface area contributed by atoms with E-state index in [-0.39, 0.29) is 13.2 Å². The van der Waals surface area contributed by atoms with Crippen LogP contribution in [0, 0.1) is 47.4 Å². The molecule has 4 aliphatic heterocycles. The molecule has 0 radical (unpaired) electrons. The number of fused-ring (bicyclic) bond motifs is 6. The van der Waals surface area contributed by atoms with Crippen molar-refractivity contribution in [3.63, 3.8) is 0 Å². The third-order valence-corrected chi connectivity index (χ3v) is 17.8. The molecule has 20 atom stereocenters. The van der Waals surface area contributed by atoms with Crippen LogP contribution >= 0.6 is 0 Å². The number of esters is 2. The Balaban J connectivity index is 0.796. The summed E-state index contributed by atoms with van der Waals surface area (Å²) in [6.45, 7) is -2.91. The van der Waals surface area contributed by atoms with Crippen LogP contribution in [0.3, 0.4) is 0 Å². The Morgan fingerprint density at radius 2 is 0.667 bits per heavy atom. The molecular formula is C67H72O26. The second-order valence-electron chi connectivity index (χ2n) is 23.6. The van der Waals surface area contributed by atoms with E-state index in [0.29, 0.717) is 66.8 Å². The van der Waals surface area contributed by atoms with Gasteiger partial charge in [-0.1, -0.05) is 71.6 Å². The molecule has 16 N–H and O–H groups in total. The van der Waals surface area contributed by atoms with E-state index in [2.05, 4.69) is 47.4 Å². The van der Waals surface area contributed by atoms with Gasteiger partial charge in [0.1, 0.15) is 142 Å². The van der Waals surface area contributed by atoms with Crippen molar-refractivity contribution in [2.24, 2.45) is 0 Å². The first-order valence-electron chi connectivity index (χ1n) is 29.8. The summed E-state index contributed by atoms with van der Waals surface area (Å²) in [5, 5.41) is 169. The molecule has 0 unspecified atom stereocenters. The lowest BCUT2D eigenvalue weighted by molar-refractivity contribution is -0.279. The smallest absolute Gasteiger partial charge is 0.302 e. The van der Waals surface area contributed by atoms with Gasteiger partial charge in [-0.25, -0.2) is 0 Å². The highest BCUT2D eigenvalue weighted by molar-refractivity contribution is 5.84. The number of ether oxygens (including phenoxy) is 8. The van der Waals surface area contributed by atoms with Gasteiger partial charge in [0, 0.05) is 36.1 Å². The van der Waals surface area contributed by atoms with Crippen molar-refractivity contribution >= 4 is 11.9 Å². The van der Waals surface area contributed by atoms with Gasteiger partial charge in [0.2, 0.25) is 0 Å². The topological polar surface area (TPSA) is 432 Å². The van der Waals surface area contributed by atoms with E-state index >= 15 is 0 Å². The zero-order valence-electron chi connectivity index (χ0n) is 50.1. The summed E-state index contributed by atoms with van der Waals surface area (Å²) in [4.78, 5) is 24.8. The molecule has 4 fully saturated rings. The highest BCUT2D eigenvalue weighted by atomic mass is 16.7. The van der Waals surface area contributed by atoms with Gasteiger partial charge in [-0.15, -0.1) is 0 Å². The average Bonchev–Trinajstić information content (AvgIpc) is 1.58. The predicted molar refractivity (Wildman–Crippen MR) is 318 cm³/mol. The van der Waals surface area contributed by atoms with Gasteiger partial charge in [0.05, 0.1) is 50.5 Å².